The first kappa shape index (κ1) is 18.5. The van der Waals surface area contributed by atoms with Crippen molar-refractivity contribution in [3.05, 3.63) is 64.1 Å². The molecular formula is C19H18Cl2N2O3. The summed E-state index contributed by atoms with van der Waals surface area (Å²) in [5.41, 5.74) is 0.463. The Labute approximate surface area is 161 Å². The predicted molar refractivity (Wildman–Crippen MR) is 101 cm³/mol. The lowest BCUT2D eigenvalue weighted by Gasteiger charge is -2.31. The molecule has 0 aliphatic carbocycles. The average molecular weight is 393 g/mol. The average Bonchev–Trinajstić information content (AvgIpc) is 2.65. The number of halogens is 2. The van der Waals surface area contributed by atoms with Crippen molar-refractivity contribution in [1.82, 2.24) is 10.2 Å². The molecule has 3 rings (SSSR count). The second-order valence-electron chi connectivity index (χ2n) is 6.04. The molecule has 2 aromatic rings. The number of nitrogens with zero attached hydrogens (tertiary/aromatic N) is 1. The number of para-hydroxylation sites is 1. The molecule has 1 aliphatic heterocycles. The Morgan fingerprint density at radius 3 is 2.35 bits per heavy atom. The van der Waals surface area contributed by atoms with Crippen molar-refractivity contribution in [2.24, 2.45) is 0 Å². The van der Waals surface area contributed by atoms with Gasteiger partial charge in [-0.3, -0.25) is 4.79 Å². The highest BCUT2D eigenvalue weighted by molar-refractivity contribution is 6.42. The Morgan fingerprint density at radius 2 is 1.69 bits per heavy atom. The summed E-state index contributed by atoms with van der Waals surface area (Å²) in [7, 11) is 0. The topological polar surface area (TPSA) is 58.6 Å². The van der Waals surface area contributed by atoms with E-state index >= 15 is 0 Å². The minimum atomic E-state index is -0.370. The zero-order chi connectivity index (χ0) is 18.5. The maximum absolute atomic E-state index is 12.3. The minimum Gasteiger partial charge on any atom is -0.410 e. The fourth-order valence-electron chi connectivity index (χ4n) is 2.77. The highest BCUT2D eigenvalue weighted by Crippen LogP contribution is 2.23. The van der Waals surface area contributed by atoms with Gasteiger partial charge in [0.25, 0.3) is 5.91 Å². The fraction of sp³-hybridized carbons (Fsp3) is 0.263. The van der Waals surface area contributed by atoms with Crippen LogP contribution in [0.1, 0.15) is 23.2 Å². The maximum Gasteiger partial charge on any atom is 0.415 e. The summed E-state index contributed by atoms with van der Waals surface area (Å²) in [6.07, 6.45) is 0.957. The number of carbonyl (C=O) groups is 2. The quantitative estimate of drug-likeness (QED) is 0.842. The number of amides is 2. The molecule has 0 saturated carbocycles. The van der Waals surface area contributed by atoms with Gasteiger partial charge >= 0.3 is 6.09 Å². The summed E-state index contributed by atoms with van der Waals surface area (Å²) in [5, 5.41) is 3.73. The molecule has 2 aromatic carbocycles. The highest BCUT2D eigenvalue weighted by Gasteiger charge is 2.25. The van der Waals surface area contributed by atoms with Crippen LogP contribution in [-0.2, 0) is 0 Å². The summed E-state index contributed by atoms with van der Waals surface area (Å²) in [6, 6.07) is 13.7. The van der Waals surface area contributed by atoms with Gasteiger partial charge in [0.2, 0.25) is 0 Å². The molecule has 0 bridgehead atoms. The third kappa shape index (κ3) is 4.68. The van der Waals surface area contributed by atoms with Gasteiger partial charge in [-0.15, -0.1) is 0 Å². The number of carbonyl (C=O) groups excluding carboxylic acids is 2. The Morgan fingerprint density at radius 1 is 1.00 bits per heavy atom. The van der Waals surface area contributed by atoms with Gasteiger partial charge in [0.1, 0.15) is 5.75 Å². The summed E-state index contributed by atoms with van der Waals surface area (Å²) in [4.78, 5) is 26.1. The lowest BCUT2D eigenvalue weighted by Crippen LogP contribution is -2.47. The van der Waals surface area contributed by atoms with Crippen LogP contribution in [0.3, 0.4) is 0 Å². The lowest BCUT2D eigenvalue weighted by molar-refractivity contribution is 0.0910. The van der Waals surface area contributed by atoms with Crippen LogP contribution < -0.4 is 10.1 Å². The van der Waals surface area contributed by atoms with Crippen LogP contribution in [0.15, 0.2) is 48.5 Å². The number of hydrogen-bond donors (Lipinski definition) is 1. The molecular weight excluding hydrogens is 375 g/mol. The molecule has 136 valence electrons. The molecule has 2 amide bonds. The van der Waals surface area contributed by atoms with Crippen LogP contribution in [0.4, 0.5) is 4.79 Å². The van der Waals surface area contributed by atoms with Gasteiger partial charge in [0.05, 0.1) is 10.0 Å². The number of rotatable bonds is 3. The molecule has 0 spiro atoms. The molecule has 0 aromatic heterocycles. The van der Waals surface area contributed by atoms with Crippen molar-refractivity contribution in [3.8, 4) is 5.75 Å². The predicted octanol–water partition coefficient (Wildman–Crippen LogP) is 4.39. The van der Waals surface area contributed by atoms with E-state index in [2.05, 4.69) is 5.32 Å². The second kappa shape index (κ2) is 8.43. The van der Waals surface area contributed by atoms with E-state index in [1.54, 1.807) is 35.2 Å². The van der Waals surface area contributed by atoms with Crippen LogP contribution >= 0.6 is 23.2 Å². The first-order valence-corrected chi connectivity index (χ1v) is 9.06. The van der Waals surface area contributed by atoms with E-state index in [0.29, 0.717) is 47.3 Å². The summed E-state index contributed by atoms with van der Waals surface area (Å²) >= 11 is 11.8. The second-order valence-corrected chi connectivity index (χ2v) is 6.86. The third-order valence-electron chi connectivity index (χ3n) is 4.22. The van der Waals surface area contributed by atoms with Gasteiger partial charge in [0, 0.05) is 24.7 Å². The van der Waals surface area contributed by atoms with Gasteiger partial charge in [-0.05, 0) is 43.2 Å². The molecule has 5 nitrogen and oxygen atoms in total. The van der Waals surface area contributed by atoms with E-state index in [1.165, 1.54) is 0 Å². The standard InChI is InChI=1S/C19H18Cl2N2O3/c20-16-7-6-13(12-17(16)21)18(24)22-14-8-10-23(11-9-14)19(25)26-15-4-2-1-3-5-15/h1-7,12,14H,8-11H2,(H,22,24). The Bertz CT molecular complexity index is 791. The van der Waals surface area contributed by atoms with E-state index in [1.807, 2.05) is 18.2 Å². The summed E-state index contributed by atoms with van der Waals surface area (Å²) in [5.74, 6) is 0.321. The highest BCUT2D eigenvalue weighted by atomic mass is 35.5. The smallest absolute Gasteiger partial charge is 0.410 e. The molecule has 26 heavy (non-hydrogen) atoms. The molecule has 0 radical (unpaired) electrons. The first-order valence-electron chi connectivity index (χ1n) is 8.30. The Balaban J connectivity index is 1.49. The van der Waals surface area contributed by atoms with Crippen LogP contribution in [0.5, 0.6) is 5.75 Å². The number of benzene rings is 2. The normalized spacial score (nSPS) is 14.8. The van der Waals surface area contributed by atoms with E-state index in [4.69, 9.17) is 27.9 Å². The largest absolute Gasteiger partial charge is 0.415 e. The molecule has 1 fully saturated rings. The van der Waals surface area contributed by atoms with Crippen molar-refractivity contribution in [2.75, 3.05) is 13.1 Å². The molecule has 1 heterocycles. The van der Waals surface area contributed by atoms with Gasteiger partial charge in [-0.25, -0.2) is 4.79 Å². The Kier molecular flexibility index (Phi) is 6.01. The van der Waals surface area contributed by atoms with Crippen LogP contribution in [0.2, 0.25) is 10.0 Å². The van der Waals surface area contributed by atoms with Gasteiger partial charge < -0.3 is 15.0 Å². The van der Waals surface area contributed by atoms with Crippen LogP contribution in [0.25, 0.3) is 0 Å². The van der Waals surface area contributed by atoms with Crippen molar-refractivity contribution < 1.29 is 14.3 Å². The molecule has 1 aliphatic rings. The van der Waals surface area contributed by atoms with Crippen molar-refractivity contribution in [2.45, 2.75) is 18.9 Å². The van der Waals surface area contributed by atoms with Crippen molar-refractivity contribution >= 4 is 35.2 Å². The molecule has 1 N–H and O–H groups in total. The number of hydrogen-bond acceptors (Lipinski definition) is 3. The molecule has 0 unspecified atom stereocenters. The van der Waals surface area contributed by atoms with E-state index < -0.39 is 0 Å². The summed E-state index contributed by atoms with van der Waals surface area (Å²) in [6.45, 7) is 1.05. The first-order chi connectivity index (χ1) is 12.5. The SMILES string of the molecule is O=C(NC1CCN(C(=O)Oc2ccccc2)CC1)c1ccc(Cl)c(Cl)c1. The van der Waals surface area contributed by atoms with Gasteiger partial charge in [-0.1, -0.05) is 41.4 Å². The fourth-order valence-corrected chi connectivity index (χ4v) is 3.06. The summed E-state index contributed by atoms with van der Waals surface area (Å²) < 4.78 is 5.34. The van der Waals surface area contributed by atoms with Crippen LogP contribution in [-0.4, -0.2) is 36.0 Å². The van der Waals surface area contributed by atoms with Crippen molar-refractivity contribution in [3.63, 3.8) is 0 Å². The van der Waals surface area contributed by atoms with Crippen molar-refractivity contribution in [1.29, 1.82) is 0 Å². The van der Waals surface area contributed by atoms with Crippen LogP contribution in [0, 0.1) is 0 Å². The number of likely N-dealkylation sites (tertiary alicyclic amines) is 1. The van der Waals surface area contributed by atoms with E-state index in [9.17, 15) is 9.59 Å². The lowest BCUT2D eigenvalue weighted by atomic mass is 10.0. The van der Waals surface area contributed by atoms with E-state index in [-0.39, 0.29) is 18.0 Å². The Hall–Kier alpha value is -2.24. The maximum atomic E-state index is 12.3. The van der Waals surface area contributed by atoms with Gasteiger partial charge in [0.15, 0.2) is 0 Å². The minimum absolute atomic E-state index is 0.00210. The monoisotopic (exact) mass is 392 g/mol. The zero-order valence-corrected chi connectivity index (χ0v) is 15.5. The number of nitrogens with one attached hydrogen (secondary N) is 1. The number of ether oxygens (including phenoxy) is 1. The molecule has 1 saturated heterocycles. The molecule has 7 heteroatoms. The zero-order valence-electron chi connectivity index (χ0n) is 14.0. The third-order valence-corrected chi connectivity index (χ3v) is 4.96. The van der Waals surface area contributed by atoms with Gasteiger partial charge in [-0.2, -0.15) is 0 Å². The number of piperidine rings is 1. The molecule has 0 atom stereocenters. The van der Waals surface area contributed by atoms with E-state index in [0.717, 1.165) is 0 Å².